The van der Waals surface area contributed by atoms with Crippen LogP contribution in [0.1, 0.15) is 52.0 Å². The van der Waals surface area contributed by atoms with Gasteiger partial charge in [0.2, 0.25) is 0 Å². The Morgan fingerprint density at radius 2 is 1.87 bits per heavy atom. The molecule has 0 unspecified atom stereocenters. The van der Waals surface area contributed by atoms with E-state index in [1.807, 2.05) is 39.0 Å². The molecule has 1 heterocycles. The molecule has 0 spiro atoms. The van der Waals surface area contributed by atoms with Gasteiger partial charge in [0, 0.05) is 19.5 Å². The summed E-state index contributed by atoms with van der Waals surface area (Å²) in [5, 5.41) is 8.99. The predicted octanol–water partition coefficient (Wildman–Crippen LogP) is 4.26. The van der Waals surface area contributed by atoms with Crippen LogP contribution >= 0.6 is 0 Å². The van der Waals surface area contributed by atoms with Crippen LogP contribution < -0.4 is 0 Å². The highest BCUT2D eigenvalue weighted by Crippen LogP contribution is 2.39. The average molecular weight is 314 g/mol. The van der Waals surface area contributed by atoms with Crippen molar-refractivity contribution < 1.29 is 9.53 Å². The minimum Gasteiger partial charge on any atom is -0.444 e. The molecule has 1 aliphatic heterocycles. The van der Waals surface area contributed by atoms with Crippen molar-refractivity contribution in [3.05, 3.63) is 35.9 Å². The van der Waals surface area contributed by atoms with Crippen LogP contribution in [0.5, 0.6) is 0 Å². The zero-order chi connectivity index (χ0) is 16.9. The highest BCUT2D eigenvalue weighted by Gasteiger charge is 2.37. The van der Waals surface area contributed by atoms with Crippen LogP contribution in [-0.4, -0.2) is 29.7 Å². The van der Waals surface area contributed by atoms with E-state index in [0.29, 0.717) is 19.5 Å². The van der Waals surface area contributed by atoms with Gasteiger partial charge in [0.25, 0.3) is 0 Å². The Bertz CT molecular complexity index is 561. The van der Waals surface area contributed by atoms with E-state index < -0.39 is 5.60 Å². The second-order valence-corrected chi connectivity index (χ2v) is 7.27. The third kappa shape index (κ3) is 4.48. The number of hydrogen-bond acceptors (Lipinski definition) is 3. The van der Waals surface area contributed by atoms with Crippen molar-refractivity contribution in [3.8, 4) is 6.07 Å². The van der Waals surface area contributed by atoms with Crippen molar-refractivity contribution in [2.24, 2.45) is 0 Å². The van der Waals surface area contributed by atoms with Gasteiger partial charge in [-0.2, -0.15) is 5.26 Å². The van der Waals surface area contributed by atoms with E-state index in [1.54, 1.807) is 4.90 Å². The summed E-state index contributed by atoms with van der Waals surface area (Å²) in [5.41, 5.74) is 0.806. The second kappa shape index (κ2) is 7.04. The lowest BCUT2D eigenvalue weighted by atomic mass is 9.70. The summed E-state index contributed by atoms with van der Waals surface area (Å²) < 4.78 is 5.47. The molecular formula is C19H26N2O2. The van der Waals surface area contributed by atoms with E-state index in [2.05, 4.69) is 18.2 Å². The number of rotatable bonds is 3. The predicted molar refractivity (Wildman–Crippen MR) is 90.0 cm³/mol. The molecule has 1 saturated heterocycles. The number of ether oxygens (including phenoxy) is 1. The fraction of sp³-hybridized carbons (Fsp3) is 0.579. The Morgan fingerprint density at radius 1 is 1.26 bits per heavy atom. The zero-order valence-electron chi connectivity index (χ0n) is 14.3. The van der Waals surface area contributed by atoms with Gasteiger partial charge in [0.15, 0.2) is 0 Å². The third-order valence-electron chi connectivity index (χ3n) is 4.47. The second-order valence-electron chi connectivity index (χ2n) is 7.27. The Hall–Kier alpha value is -2.02. The van der Waals surface area contributed by atoms with Crippen LogP contribution in [0.25, 0.3) is 0 Å². The molecule has 1 aromatic carbocycles. The molecule has 0 atom stereocenters. The van der Waals surface area contributed by atoms with Crippen molar-refractivity contribution in [1.29, 1.82) is 5.26 Å². The molecule has 0 N–H and O–H groups in total. The first-order valence-corrected chi connectivity index (χ1v) is 8.27. The van der Waals surface area contributed by atoms with Crippen molar-refractivity contribution in [2.75, 3.05) is 13.1 Å². The Kier molecular flexibility index (Phi) is 5.30. The van der Waals surface area contributed by atoms with Crippen molar-refractivity contribution in [3.63, 3.8) is 0 Å². The lowest BCUT2D eigenvalue weighted by Crippen LogP contribution is -2.46. The van der Waals surface area contributed by atoms with Gasteiger partial charge in [-0.05, 0) is 51.0 Å². The van der Waals surface area contributed by atoms with Crippen LogP contribution in [0.15, 0.2) is 30.3 Å². The van der Waals surface area contributed by atoms with Crippen molar-refractivity contribution >= 4 is 6.09 Å². The first-order chi connectivity index (χ1) is 10.9. The number of nitriles is 1. The number of likely N-dealkylation sites (tertiary alicyclic amines) is 1. The van der Waals surface area contributed by atoms with Gasteiger partial charge in [0.1, 0.15) is 5.60 Å². The molecule has 1 aromatic rings. The Morgan fingerprint density at radius 3 is 2.39 bits per heavy atom. The van der Waals surface area contributed by atoms with Gasteiger partial charge in [-0.3, -0.25) is 0 Å². The maximum absolute atomic E-state index is 12.2. The summed E-state index contributed by atoms with van der Waals surface area (Å²) in [6, 6.07) is 12.7. The average Bonchev–Trinajstić information content (AvgIpc) is 2.52. The van der Waals surface area contributed by atoms with Crippen LogP contribution in [0.4, 0.5) is 4.79 Å². The molecule has 1 amide bonds. The van der Waals surface area contributed by atoms with Crippen LogP contribution in [0.2, 0.25) is 0 Å². The van der Waals surface area contributed by atoms with Crippen molar-refractivity contribution in [1.82, 2.24) is 4.90 Å². The van der Waals surface area contributed by atoms with Gasteiger partial charge in [-0.1, -0.05) is 30.3 Å². The molecule has 0 aliphatic carbocycles. The van der Waals surface area contributed by atoms with E-state index in [9.17, 15) is 4.79 Å². The molecule has 0 saturated carbocycles. The summed E-state index contributed by atoms with van der Waals surface area (Å²) >= 11 is 0. The van der Waals surface area contributed by atoms with Gasteiger partial charge >= 0.3 is 6.09 Å². The molecule has 4 heteroatoms. The van der Waals surface area contributed by atoms with Gasteiger partial charge in [-0.25, -0.2) is 4.79 Å². The fourth-order valence-electron chi connectivity index (χ4n) is 3.21. The summed E-state index contributed by atoms with van der Waals surface area (Å²) in [4.78, 5) is 14.0. The highest BCUT2D eigenvalue weighted by atomic mass is 16.6. The van der Waals surface area contributed by atoms with E-state index in [0.717, 1.165) is 19.3 Å². The lowest BCUT2D eigenvalue weighted by molar-refractivity contribution is 0.0159. The quantitative estimate of drug-likeness (QED) is 0.837. The normalized spacial score (nSPS) is 17.4. The fourth-order valence-corrected chi connectivity index (χ4v) is 3.21. The number of hydrogen-bond donors (Lipinski definition) is 0. The standard InChI is InChI=1S/C19H26N2O2/c1-18(2,3)23-17(22)21-14-11-19(12-15-21,10-7-13-20)16-8-5-4-6-9-16/h4-6,8-9H,7,10-12,14-15H2,1-3H3. The topological polar surface area (TPSA) is 53.3 Å². The maximum Gasteiger partial charge on any atom is 0.410 e. The molecular weight excluding hydrogens is 288 g/mol. The number of piperidine rings is 1. The summed E-state index contributed by atoms with van der Waals surface area (Å²) in [7, 11) is 0. The molecule has 0 radical (unpaired) electrons. The molecule has 1 fully saturated rings. The van der Waals surface area contributed by atoms with Gasteiger partial charge in [-0.15, -0.1) is 0 Å². The highest BCUT2D eigenvalue weighted by molar-refractivity contribution is 5.68. The van der Waals surface area contributed by atoms with E-state index in [4.69, 9.17) is 10.00 Å². The molecule has 0 bridgehead atoms. The Labute approximate surface area is 139 Å². The zero-order valence-corrected chi connectivity index (χ0v) is 14.3. The van der Waals surface area contributed by atoms with E-state index >= 15 is 0 Å². The van der Waals surface area contributed by atoms with Gasteiger partial charge in [0.05, 0.1) is 6.07 Å². The van der Waals surface area contributed by atoms with Crippen molar-refractivity contribution in [2.45, 2.75) is 57.5 Å². The largest absolute Gasteiger partial charge is 0.444 e. The number of nitrogens with zero attached hydrogens (tertiary/aromatic N) is 2. The summed E-state index contributed by atoms with van der Waals surface area (Å²) in [6.07, 6.45) is 2.90. The van der Waals surface area contributed by atoms with Gasteiger partial charge < -0.3 is 9.64 Å². The van der Waals surface area contributed by atoms with Crippen LogP contribution in [0, 0.1) is 11.3 Å². The number of carbonyl (C=O) groups is 1. The van der Waals surface area contributed by atoms with E-state index in [-0.39, 0.29) is 11.5 Å². The minimum absolute atomic E-state index is 0.00446. The Balaban J connectivity index is 2.08. The molecule has 124 valence electrons. The first-order valence-electron chi connectivity index (χ1n) is 8.27. The van der Waals surface area contributed by atoms with Crippen LogP contribution in [0.3, 0.4) is 0 Å². The van der Waals surface area contributed by atoms with Crippen LogP contribution in [-0.2, 0) is 10.2 Å². The minimum atomic E-state index is -0.466. The third-order valence-corrected chi connectivity index (χ3v) is 4.47. The molecule has 4 nitrogen and oxygen atoms in total. The number of benzene rings is 1. The molecule has 0 aromatic heterocycles. The maximum atomic E-state index is 12.2. The smallest absolute Gasteiger partial charge is 0.410 e. The first kappa shape index (κ1) is 17.3. The lowest BCUT2D eigenvalue weighted by Gasteiger charge is -2.42. The SMILES string of the molecule is CC(C)(C)OC(=O)N1CCC(CCC#N)(c2ccccc2)CC1. The summed E-state index contributed by atoms with van der Waals surface area (Å²) in [6.45, 7) is 7.01. The molecule has 1 aliphatic rings. The summed E-state index contributed by atoms with van der Waals surface area (Å²) in [5.74, 6) is 0. The monoisotopic (exact) mass is 314 g/mol. The van der Waals surface area contributed by atoms with E-state index in [1.165, 1.54) is 5.56 Å². The number of carbonyl (C=O) groups excluding carboxylic acids is 1. The molecule has 2 rings (SSSR count). The molecule has 23 heavy (non-hydrogen) atoms. The number of amides is 1.